The van der Waals surface area contributed by atoms with E-state index in [1.807, 2.05) is 0 Å². The number of non-ortho nitro benzene ring substituents is 1. The normalized spacial score (nSPS) is 9.40. The highest BCUT2D eigenvalue weighted by atomic mass is 16.6. The van der Waals surface area contributed by atoms with Crippen LogP contribution < -0.4 is 10.6 Å². The van der Waals surface area contributed by atoms with Crippen molar-refractivity contribution in [3.8, 4) is 0 Å². The SMILES string of the molecule is CCNC(=O)Nc1ccc([N+](=O)[O-])cc1. The molecule has 0 aliphatic heterocycles. The molecule has 0 saturated heterocycles. The quantitative estimate of drug-likeness (QED) is 0.587. The third-order valence-corrected chi connectivity index (χ3v) is 1.67. The molecule has 0 bridgehead atoms. The molecule has 15 heavy (non-hydrogen) atoms. The van der Waals surface area contributed by atoms with Gasteiger partial charge in [-0.05, 0) is 19.1 Å². The average Bonchev–Trinajstić information content (AvgIpc) is 2.18. The first-order chi connectivity index (χ1) is 7.13. The number of nitro benzene ring substituents is 1. The molecule has 80 valence electrons. The third kappa shape index (κ3) is 3.26. The van der Waals surface area contributed by atoms with Crippen molar-refractivity contribution in [2.24, 2.45) is 0 Å². The van der Waals surface area contributed by atoms with Crippen LogP contribution in [0.5, 0.6) is 0 Å². The first kappa shape index (κ1) is 11.0. The van der Waals surface area contributed by atoms with Crippen LogP contribution in [0.3, 0.4) is 0 Å². The Hall–Kier alpha value is -2.11. The summed E-state index contributed by atoms with van der Waals surface area (Å²) >= 11 is 0. The second kappa shape index (κ2) is 4.94. The van der Waals surface area contributed by atoms with E-state index in [1.165, 1.54) is 24.3 Å². The lowest BCUT2D eigenvalue weighted by molar-refractivity contribution is -0.384. The number of urea groups is 1. The Balaban J connectivity index is 2.64. The maximum Gasteiger partial charge on any atom is 0.319 e. The molecule has 0 spiro atoms. The Kier molecular flexibility index (Phi) is 3.61. The van der Waals surface area contributed by atoms with Crippen LogP contribution in [-0.4, -0.2) is 17.5 Å². The molecule has 0 aromatic heterocycles. The summed E-state index contributed by atoms with van der Waals surface area (Å²) < 4.78 is 0. The van der Waals surface area contributed by atoms with Gasteiger partial charge in [0.2, 0.25) is 0 Å². The number of carbonyl (C=O) groups excluding carboxylic acids is 1. The Morgan fingerprint density at radius 3 is 2.47 bits per heavy atom. The van der Waals surface area contributed by atoms with Gasteiger partial charge < -0.3 is 10.6 Å². The van der Waals surface area contributed by atoms with Gasteiger partial charge in [-0.1, -0.05) is 0 Å². The van der Waals surface area contributed by atoms with Crippen LogP contribution in [0.25, 0.3) is 0 Å². The van der Waals surface area contributed by atoms with Crippen molar-refractivity contribution in [1.82, 2.24) is 5.32 Å². The topological polar surface area (TPSA) is 84.3 Å². The molecule has 0 unspecified atom stereocenters. The minimum atomic E-state index is -0.490. The van der Waals surface area contributed by atoms with Crippen LogP contribution in [0, 0.1) is 10.1 Å². The van der Waals surface area contributed by atoms with Gasteiger partial charge in [-0.15, -0.1) is 0 Å². The van der Waals surface area contributed by atoms with E-state index in [1.54, 1.807) is 6.92 Å². The van der Waals surface area contributed by atoms with Gasteiger partial charge in [-0.3, -0.25) is 10.1 Å². The van der Waals surface area contributed by atoms with E-state index in [4.69, 9.17) is 0 Å². The second-order valence-corrected chi connectivity index (χ2v) is 2.79. The summed E-state index contributed by atoms with van der Waals surface area (Å²) in [4.78, 5) is 20.9. The van der Waals surface area contributed by atoms with E-state index in [2.05, 4.69) is 10.6 Å². The number of hydrogen-bond donors (Lipinski definition) is 2. The fourth-order valence-corrected chi connectivity index (χ4v) is 1.00. The molecular formula is C9H11N3O3. The molecule has 1 aromatic rings. The van der Waals surface area contributed by atoms with Crippen LogP contribution in [0.15, 0.2) is 24.3 Å². The first-order valence-electron chi connectivity index (χ1n) is 4.42. The molecule has 2 amide bonds. The predicted octanol–water partition coefficient (Wildman–Crippen LogP) is 1.74. The van der Waals surface area contributed by atoms with Gasteiger partial charge in [0.05, 0.1) is 4.92 Å². The smallest absolute Gasteiger partial charge is 0.319 e. The molecule has 0 aliphatic carbocycles. The lowest BCUT2D eigenvalue weighted by Crippen LogP contribution is -2.28. The highest BCUT2D eigenvalue weighted by molar-refractivity contribution is 5.89. The lowest BCUT2D eigenvalue weighted by atomic mass is 10.3. The van der Waals surface area contributed by atoms with Crippen molar-refractivity contribution in [3.63, 3.8) is 0 Å². The third-order valence-electron chi connectivity index (χ3n) is 1.67. The van der Waals surface area contributed by atoms with Gasteiger partial charge in [0.25, 0.3) is 5.69 Å². The zero-order chi connectivity index (χ0) is 11.3. The van der Waals surface area contributed by atoms with Gasteiger partial charge in [0.15, 0.2) is 0 Å². The number of nitrogens with one attached hydrogen (secondary N) is 2. The van der Waals surface area contributed by atoms with Crippen LogP contribution in [0.2, 0.25) is 0 Å². The summed E-state index contributed by atoms with van der Waals surface area (Å²) in [5, 5.41) is 15.4. The van der Waals surface area contributed by atoms with Gasteiger partial charge in [-0.2, -0.15) is 0 Å². The first-order valence-corrected chi connectivity index (χ1v) is 4.42. The molecule has 1 rings (SSSR count). The van der Waals surface area contributed by atoms with Crippen molar-refractivity contribution in [2.45, 2.75) is 6.92 Å². The minimum absolute atomic E-state index is 0.00329. The van der Waals surface area contributed by atoms with Gasteiger partial charge in [-0.25, -0.2) is 4.79 Å². The number of nitrogens with zero attached hydrogens (tertiary/aromatic N) is 1. The summed E-state index contributed by atoms with van der Waals surface area (Å²) in [6.45, 7) is 2.33. The summed E-state index contributed by atoms with van der Waals surface area (Å²) in [5.74, 6) is 0. The zero-order valence-corrected chi connectivity index (χ0v) is 8.19. The number of anilines is 1. The van der Waals surface area contributed by atoms with E-state index in [-0.39, 0.29) is 11.7 Å². The van der Waals surface area contributed by atoms with Gasteiger partial charge >= 0.3 is 6.03 Å². The molecule has 6 heteroatoms. The van der Waals surface area contributed by atoms with Crippen molar-refractivity contribution < 1.29 is 9.72 Å². The van der Waals surface area contributed by atoms with E-state index < -0.39 is 4.92 Å². The maximum absolute atomic E-state index is 11.1. The lowest BCUT2D eigenvalue weighted by Gasteiger charge is -2.04. The van der Waals surface area contributed by atoms with Gasteiger partial charge in [0.1, 0.15) is 0 Å². The molecular weight excluding hydrogens is 198 g/mol. The van der Waals surface area contributed by atoms with Crippen molar-refractivity contribution in [1.29, 1.82) is 0 Å². The van der Waals surface area contributed by atoms with Crippen molar-refractivity contribution in [3.05, 3.63) is 34.4 Å². The number of nitro groups is 1. The van der Waals surface area contributed by atoms with Crippen LogP contribution >= 0.6 is 0 Å². The summed E-state index contributed by atoms with van der Waals surface area (Å²) in [5.41, 5.74) is 0.517. The molecule has 0 fully saturated rings. The fourth-order valence-electron chi connectivity index (χ4n) is 1.00. The van der Waals surface area contributed by atoms with Crippen LogP contribution in [0.1, 0.15) is 6.92 Å². The highest BCUT2D eigenvalue weighted by Crippen LogP contribution is 2.14. The zero-order valence-electron chi connectivity index (χ0n) is 8.19. The Bertz CT molecular complexity index is 361. The van der Waals surface area contributed by atoms with Crippen molar-refractivity contribution in [2.75, 3.05) is 11.9 Å². The minimum Gasteiger partial charge on any atom is -0.338 e. The maximum atomic E-state index is 11.1. The fraction of sp³-hybridized carbons (Fsp3) is 0.222. The Morgan fingerprint density at radius 1 is 1.40 bits per heavy atom. The molecule has 6 nitrogen and oxygen atoms in total. The largest absolute Gasteiger partial charge is 0.338 e. The van der Waals surface area contributed by atoms with E-state index >= 15 is 0 Å². The number of rotatable bonds is 3. The average molecular weight is 209 g/mol. The second-order valence-electron chi connectivity index (χ2n) is 2.79. The predicted molar refractivity (Wildman–Crippen MR) is 55.8 cm³/mol. The number of amides is 2. The highest BCUT2D eigenvalue weighted by Gasteiger charge is 2.05. The Labute approximate surface area is 86.4 Å². The molecule has 0 aliphatic rings. The van der Waals surface area contributed by atoms with E-state index in [0.29, 0.717) is 12.2 Å². The van der Waals surface area contributed by atoms with E-state index in [0.717, 1.165) is 0 Å². The molecule has 0 heterocycles. The van der Waals surface area contributed by atoms with Crippen molar-refractivity contribution >= 4 is 17.4 Å². The molecule has 0 atom stereocenters. The van der Waals surface area contributed by atoms with E-state index in [9.17, 15) is 14.9 Å². The molecule has 1 aromatic carbocycles. The molecule has 2 N–H and O–H groups in total. The van der Waals surface area contributed by atoms with Crippen LogP contribution in [-0.2, 0) is 0 Å². The number of benzene rings is 1. The summed E-state index contributed by atoms with van der Waals surface area (Å²) in [6.07, 6.45) is 0. The standard InChI is InChI=1S/C9H11N3O3/c1-2-10-9(13)11-7-3-5-8(6-4-7)12(14)15/h3-6H,2H2,1H3,(H2,10,11,13). The monoisotopic (exact) mass is 209 g/mol. The molecule has 0 saturated carbocycles. The van der Waals surface area contributed by atoms with Crippen LogP contribution in [0.4, 0.5) is 16.2 Å². The van der Waals surface area contributed by atoms with Gasteiger partial charge in [0, 0.05) is 24.4 Å². The number of carbonyl (C=O) groups is 1. The molecule has 0 radical (unpaired) electrons. The Morgan fingerprint density at radius 2 is 2.00 bits per heavy atom. The summed E-state index contributed by atoms with van der Waals surface area (Å²) in [7, 11) is 0. The number of hydrogen-bond acceptors (Lipinski definition) is 3. The summed E-state index contributed by atoms with van der Waals surface area (Å²) in [6, 6.07) is 5.30.